The van der Waals surface area contributed by atoms with Gasteiger partial charge in [-0.15, -0.1) is 0 Å². The quantitative estimate of drug-likeness (QED) is 0.248. The molecule has 0 saturated carbocycles. The molecule has 2 amide bonds. The Kier molecular flexibility index (Phi) is 8.63. The maximum atomic E-state index is 14.0. The number of nitrogen functional groups attached to an aromatic ring is 1. The number of likely N-dealkylation sites (N-methyl/N-ethyl adjacent to an activating group) is 2. The van der Waals surface area contributed by atoms with Gasteiger partial charge in [0.05, 0.1) is 11.4 Å². The molecular weight excluding hydrogens is 558 g/mol. The Balaban J connectivity index is 1.50. The smallest absolute Gasteiger partial charge is 0.339 e. The van der Waals surface area contributed by atoms with Crippen LogP contribution in [0.25, 0.3) is 22.5 Å². The van der Waals surface area contributed by atoms with Crippen LogP contribution in [0.1, 0.15) is 22.8 Å². The minimum absolute atomic E-state index is 0.115. The van der Waals surface area contributed by atoms with Gasteiger partial charge in [0.1, 0.15) is 17.7 Å². The molecule has 5 aromatic rings. The molecule has 0 bridgehead atoms. The number of anilines is 3. The molecule has 0 aliphatic heterocycles. The highest BCUT2D eigenvalue weighted by Gasteiger charge is 2.21. The van der Waals surface area contributed by atoms with Gasteiger partial charge >= 0.3 is 5.69 Å². The number of carbonyl (C=O) groups is 2. The third-order valence-corrected chi connectivity index (χ3v) is 7.05. The molecule has 0 saturated heterocycles. The van der Waals surface area contributed by atoms with Gasteiger partial charge in [0.15, 0.2) is 11.5 Å². The van der Waals surface area contributed by atoms with E-state index in [1.165, 1.54) is 26.4 Å². The fraction of sp³-hybridized carbons (Fsp3) is 0.188. The van der Waals surface area contributed by atoms with Crippen molar-refractivity contribution in [3.63, 3.8) is 0 Å². The Bertz CT molecular complexity index is 1920. The summed E-state index contributed by atoms with van der Waals surface area (Å²) in [4.78, 5) is 55.8. The van der Waals surface area contributed by atoms with Crippen LogP contribution in [0, 0.1) is 0 Å². The van der Waals surface area contributed by atoms with E-state index in [1.54, 1.807) is 67.9 Å². The van der Waals surface area contributed by atoms with Crippen LogP contribution in [0.3, 0.4) is 0 Å². The fourth-order valence-corrected chi connectivity index (χ4v) is 4.68. The third-order valence-electron chi connectivity index (χ3n) is 7.05. The van der Waals surface area contributed by atoms with Gasteiger partial charge in [0.2, 0.25) is 5.91 Å². The number of hydrogen-bond acceptors (Lipinski definition) is 8. The number of nitrogens with one attached hydrogen (secondary N) is 1. The summed E-state index contributed by atoms with van der Waals surface area (Å²) in [6, 6.07) is 17.3. The van der Waals surface area contributed by atoms with E-state index < -0.39 is 5.69 Å². The van der Waals surface area contributed by atoms with Gasteiger partial charge in [-0.2, -0.15) is 0 Å². The molecule has 0 fully saturated rings. The summed E-state index contributed by atoms with van der Waals surface area (Å²) in [7, 11) is 5.51. The Hall–Kier alpha value is -5.62. The standard InChI is InChI=1S/C32H33N9O3/c1-5-21-15-16-34-26(18-21)37-31(43)22-11-13-23(14-12-22)40-28-29(33)35-20-36-30(28)41(32(40)44)25-9-6-8-24(19-25)39(4)27(42)10-7-17-38(2)3/h6-16,18-20H,5,17H2,1-4H3,(H2,33,35,36)(H,34,37,43)/b10-7+. The van der Waals surface area contributed by atoms with Crippen molar-refractivity contribution in [1.29, 1.82) is 0 Å². The van der Waals surface area contributed by atoms with Crippen molar-refractivity contribution in [2.24, 2.45) is 0 Å². The Morgan fingerprint density at radius 2 is 1.73 bits per heavy atom. The van der Waals surface area contributed by atoms with Crippen molar-refractivity contribution in [1.82, 2.24) is 29.0 Å². The topological polar surface area (TPSA) is 144 Å². The maximum absolute atomic E-state index is 14.0. The van der Waals surface area contributed by atoms with Crippen LogP contribution >= 0.6 is 0 Å². The molecule has 3 aromatic heterocycles. The number of carbonyl (C=O) groups excluding carboxylic acids is 2. The Morgan fingerprint density at radius 3 is 2.45 bits per heavy atom. The van der Waals surface area contributed by atoms with Crippen molar-refractivity contribution in [3.8, 4) is 11.4 Å². The van der Waals surface area contributed by atoms with Crippen LogP contribution < -0.4 is 21.6 Å². The van der Waals surface area contributed by atoms with Gasteiger partial charge in [-0.05, 0) is 80.7 Å². The molecule has 5 rings (SSSR count). The number of hydrogen-bond donors (Lipinski definition) is 2. The summed E-state index contributed by atoms with van der Waals surface area (Å²) in [5.74, 6) is 0.0381. The lowest BCUT2D eigenvalue weighted by Crippen LogP contribution is -2.25. The number of imidazole rings is 1. The van der Waals surface area contributed by atoms with Crippen molar-refractivity contribution in [2.45, 2.75) is 13.3 Å². The average Bonchev–Trinajstić information content (AvgIpc) is 3.33. The van der Waals surface area contributed by atoms with Crippen LogP contribution in [-0.4, -0.2) is 68.5 Å². The van der Waals surface area contributed by atoms with Crippen LogP contribution in [0.15, 0.2) is 90.1 Å². The van der Waals surface area contributed by atoms with Crippen molar-refractivity contribution in [2.75, 3.05) is 43.6 Å². The largest absolute Gasteiger partial charge is 0.382 e. The number of benzene rings is 2. The minimum Gasteiger partial charge on any atom is -0.382 e. The number of pyridine rings is 1. The Labute approximate surface area is 254 Å². The molecule has 0 spiro atoms. The van der Waals surface area contributed by atoms with E-state index in [0.717, 1.165) is 12.0 Å². The fourth-order valence-electron chi connectivity index (χ4n) is 4.68. The highest BCUT2D eigenvalue weighted by molar-refractivity contribution is 6.04. The van der Waals surface area contributed by atoms with Gasteiger partial charge in [-0.3, -0.25) is 14.2 Å². The van der Waals surface area contributed by atoms with Gasteiger partial charge in [-0.25, -0.2) is 24.3 Å². The summed E-state index contributed by atoms with van der Waals surface area (Å²) >= 11 is 0. The van der Waals surface area contributed by atoms with Gasteiger partial charge in [-0.1, -0.05) is 19.1 Å². The van der Waals surface area contributed by atoms with Gasteiger partial charge < -0.3 is 20.9 Å². The number of amides is 2. The average molecular weight is 592 g/mol. The predicted molar refractivity (Wildman–Crippen MR) is 172 cm³/mol. The van der Waals surface area contributed by atoms with E-state index in [0.29, 0.717) is 46.2 Å². The second-order valence-corrected chi connectivity index (χ2v) is 10.4. The summed E-state index contributed by atoms with van der Waals surface area (Å²) < 4.78 is 2.83. The first-order valence-corrected chi connectivity index (χ1v) is 14.0. The predicted octanol–water partition coefficient (Wildman–Crippen LogP) is 3.44. The molecule has 3 N–H and O–H groups in total. The highest BCUT2D eigenvalue weighted by Crippen LogP contribution is 2.25. The van der Waals surface area contributed by atoms with E-state index in [4.69, 9.17) is 5.73 Å². The first-order chi connectivity index (χ1) is 21.2. The first kappa shape index (κ1) is 29.9. The zero-order chi connectivity index (χ0) is 31.4. The molecule has 0 radical (unpaired) electrons. The number of nitrogens with zero attached hydrogens (tertiary/aromatic N) is 7. The van der Waals surface area contributed by atoms with Crippen molar-refractivity contribution in [3.05, 3.63) is 107 Å². The van der Waals surface area contributed by atoms with Crippen molar-refractivity contribution >= 4 is 40.3 Å². The molecule has 12 nitrogen and oxygen atoms in total. The summed E-state index contributed by atoms with van der Waals surface area (Å²) in [6.07, 6.45) is 7.07. The molecule has 44 heavy (non-hydrogen) atoms. The number of rotatable bonds is 9. The van der Waals surface area contributed by atoms with Crippen LogP contribution in [0.2, 0.25) is 0 Å². The molecule has 12 heteroatoms. The first-order valence-electron chi connectivity index (χ1n) is 14.0. The van der Waals surface area contributed by atoms with E-state index in [2.05, 4.69) is 20.3 Å². The summed E-state index contributed by atoms with van der Waals surface area (Å²) in [5, 5.41) is 2.81. The van der Waals surface area contributed by atoms with E-state index >= 15 is 0 Å². The normalized spacial score (nSPS) is 11.4. The Morgan fingerprint density at radius 1 is 0.955 bits per heavy atom. The lowest BCUT2D eigenvalue weighted by molar-refractivity contribution is -0.113. The van der Waals surface area contributed by atoms with Crippen LogP contribution in [-0.2, 0) is 11.2 Å². The molecular formula is C32H33N9O3. The second kappa shape index (κ2) is 12.7. The number of aromatic nitrogens is 5. The zero-order valence-electron chi connectivity index (χ0n) is 24.9. The van der Waals surface area contributed by atoms with E-state index in [9.17, 15) is 14.4 Å². The van der Waals surface area contributed by atoms with Crippen molar-refractivity contribution < 1.29 is 9.59 Å². The van der Waals surface area contributed by atoms with Crippen LogP contribution in [0.4, 0.5) is 17.3 Å². The van der Waals surface area contributed by atoms with Crippen LogP contribution in [0.5, 0.6) is 0 Å². The van der Waals surface area contributed by atoms with Gasteiger partial charge in [0.25, 0.3) is 5.91 Å². The SMILES string of the molecule is CCc1ccnc(NC(=O)c2ccc(-n3c(=O)n(-c4cccc(N(C)C(=O)/C=C/CN(C)C)c4)c4ncnc(N)c43)cc2)c1. The number of aryl methyl sites for hydroxylation is 1. The monoisotopic (exact) mass is 591 g/mol. The van der Waals surface area contributed by atoms with E-state index in [1.807, 2.05) is 38.1 Å². The zero-order valence-corrected chi connectivity index (χ0v) is 24.9. The maximum Gasteiger partial charge on any atom is 0.339 e. The number of nitrogens with two attached hydrogens (primary N) is 1. The molecule has 0 aliphatic rings. The van der Waals surface area contributed by atoms with Gasteiger partial charge in [0, 0.05) is 37.1 Å². The molecule has 2 aromatic carbocycles. The molecule has 3 heterocycles. The molecule has 0 aliphatic carbocycles. The summed E-state index contributed by atoms with van der Waals surface area (Å²) in [6.45, 7) is 2.66. The third kappa shape index (κ3) is 6.10. The second-order valence-electron chi connectivity index (χ2n) is 10.4. The molecule has 0 unspecified atom stereocenters. The summed E-state index contributed by atoms with van der Waals surface area (Å²) in [5.41, 5.74) is 9.43. The lowest BCUT2D eigenvalue weighted by atomic mass is 10.2. The lowest BCUT2D eigenvalue weighted by Gasteiger charge is -2.16. The minimum atomic E-state index is -0.443. The molecule has 0 atom stereocenters. The molecule has 224 valence electrons. The highest BCUT2D eigenvalue weighted by atomic mass is 16.2. The van der Waals surface area contributed by atoms with E-state index in [-0.39, 0.29) is 17.6 Å². The number of fused-ring (bicyclic) bond motifs is 1.